The molecule has 0 bridgehead atoms. The van der Waals surface area contributed by atoms with Gasteiger partial charge in [-0.1, -0.05) is 75.5 Å². The summed E-state index contributed by atoms with van der Waals surface area (Å²) in [4.78, 5) is 0. The van der Waals surface area contributed by atoms with Gasteiger partial charge in [0.2, 0.25) is 0 Å². The average Bonchev–Trinajstić information content (AvgIpc) is 2.69. The molecular weight excluding hydrogens is 342 g/mol. The second kappa shape index (κ2) is 10.9. The highest BCUT2D eigenvalue weighted by Gasteiger charge is 2.43. The first-order valence-electron chi connectivity index (χ1n) is 9.98. The molecular formula is C24H30F2O. The Morgan fingerprint density at radius 3 is 2.33 bits per heavy atom. The Morgan fingerprint density at radius 1 is 1.00 bits per heavy atom. The third-order valence-electron chi connectivity index (χ3n) is 4.94. The fourth-order valence-electron chi connectivity index (χ4n) is 3.28. The molecule has 0 saturated heterocycles. The van der Waals surface area contributed by atoms with E-state index in [1.807, 2.05) is 30.3 Å². The summed E-state index contributed by atoms with van der Waals surface area (Å²) in [6, 6.07) is 9.43. The molecule has 1 aromatic carbocycles. The number of alkyl halides is 2. The van der Waals surface area contributed by atoms with Gasteiger partial charge in [0.05, 0.1) is 12.7 Å². The summed E-state index contributed by atoms with van der Waals surface area (Å²) in [6.45, 7) is 2.18. The molecule has 1 aliphatic rings. The third kappa shape index (κ3) is 6.24. The molecule has 0 aliphatic heterocycles. The van der Waals surface area contributed by atoms with Crippen molar-refractivity contribution in [3.05, 3.63) is 59.4 Å². The van der Waals surface area contributed by atoms with Gasteiger partial charge in [-0.3, -0.25) is 0 Å². The van der Waals surface area contributed by atoms with Crippen LogP contribution in [0.3, 0.4) is 0 Å². The number of ether oxygens (including phenoxy) is 1. The largest absolute Gasteiger partial charge is 0.497 e. The summed E-state index contributed by atoms with van der Waals surface area (Å²) >= 11 is 0. The van der Waals surface area contributed by atoms with Crippen molar-refractivity contribution in [3.8, 4) is 11.8 Å². The lowest BCUT2D eigenvalue weighted by atomic mass is 9.86. The van der Waals surface area contributed by atoms with E-state index < -0.39 is 11.8 Å². The first-order chi connectivity index (χ1) is 13.1. The minimum atomic E-state index is -2.01. The van der Waals surface area contributed by atoms with Crippen LogP contribution in [0.5, 0.6) is 0 Å². The van der Waals surface area contributed by atoms with Gasteiger partial charge in [0.1, 0.15) is 5.76 Å². The van der Waals surface area contributed by atoms with Crippen molar-refractivity contribution in [2.45, 2.75) is 70.1 Å². The molecule has 0 radical (unpaired) electrons. The molecule has 0 heterocycles. The number of halogens is 2. The SMILES string of the molecule is CCCCCCCCCC1(F)C=CC(C#Cc2ccccc2)=C(OC)C1F. The number of allylic oxidation sites excluding steroid dienone is 4. The smallest absolute Gasteiger partial charge is 0.195 e. The fraction of sp³-hybridized carbons (Fsp3) is 0.500. The summed E-state index contributed by atoms with van der Waals surface area (Å²) in [5.74, 6) is 5.88. The van der Waals surface area contributed by atoms with Crippen molar-refractivity contribution in [1.82, 2.24) is 0 Å². The molecule has 0 spiro atoms. The molecule has 0 saturated carbocycles. The number of hydrogen-bond donors (Lipinski definition) is 0. The van der Waals surface area contributed by atoms with Crippen LogP contribution >= 0.6 is 0 Å². The lowest BCUT2D eigenvalue weighted by molar-refractivity contribution is 0.0620. The molecule has 1 nitrogen and oxygen atoms in total. The van der Waals surface area contributed by atoms with Crippen molar-refractivity contribution in [3.63, 3.8) is 0 Å². The Morgan fingerprint density at radius 2 is 1.67 bits per heavy atom. The van der Waals surface area contributed by atoms with Crippen molar-refractivity contribution in [2.24, 2.45) is 0 Å². The van der Waals surface area contributed by atoms with E-state index in [9.17, 15) is 4.39 Å². The second-order valence-electron chi connectivity index (χ2n) is 7.09. The Labute approximate surface area is 162 Å². The van der Waals surface area contributed by atoms with E-state index >= 15 is 4.39 Å². The molecule has 0 fully saturated rings. The predicted molar refractivity (Wildman–Crippen MR) is 108 cm³/mol. The molecule has 2 atom stereocenters. The summed E-state index contributed by atoms with van der Waals surface area (Å²) in [7, 11) is 1.37. The molecule has 146 valence electrons. The molecule has 27 heavy (non-hydrogen) atoms. The van der Waals surface area contributed by atoms with Gasteiger partial charge in [0, 0.05) is 5.56 Å². The van der Waals surface area contributed by atoms with E-state index in [1.54, 1.807) is 6.08 Å². The van der Waals surface area contributed by atoms with Crippen LogP contribution in [0, 0.1) is 11.8 Å². The van der Waals surface area contributed by atoms with E-state index in [0.29, 0.717) is 12.0 Å². The molecule has 2 rings (SSSR count). The van der Waals surface area contributed by atoms with E-state index in [0.717, 1.165) is 18.4 Å². The zero-order chi connectivity index (χ0) is 19.5. The van der Waals surface area contributed by atoms with E-state index in [4.69, 9.17) is 4.74 Å². The second-order valence-corrected chi connectivity index (χ2v) is 7.09. The van der Waals surface area contributed by atoms with Crippen LogP contribution in [0.4, 0.5) is 8.78 Å². The first kappa shape index (κ1) is 21.2. The third-order valence-corrected chi connectivity index (χ3v) is 4.94. The fourth-order valence-corrected chi connectivity index (χ4v) is 3.28. The zero-order valence-corrected chi connectivity index (χ0v) is 16.4. The Bertz CT molecular complexity index is 696. The quantitative estimate of drug-likeness (QED) is 0.346. The van der Waals surface area contributed by atoms with Crippen LogP contribution in [-0.4, -0.2) is 19.0 Å². The highest BCUT2D eigenvalue weighted by molar-refractivity contribution is 5.50. The van der Waals surface area contributed by atoms with Crippen LogP contribution in [0.25, 0.3) is 0 Å². The molecule has 1 aromatic rings. The van der Waals surface area contributed by atoms with Crippen LogP contribution in [0.15, 0.2) is 53.8 Å². The maximum absolute atomic E-state index is 15.1. The number of hydrogen-bond acceptors (Lipinski definition) is 1. The Kier molecular flexibility index (Phi) is 8.58. The van der Waals surface area contributed by atoms with Crippen molar-refractivity contribution < 1.29 is 13.5 Å². The van der Waals surface area contributed by atoms with Crippen LogP contribution in [0.1, 0.15) is 63.9 Å². The van der Waals surface area contributed by atoms with Gasteiger partial charge < -0.3 is 4.74 Å². The molecule has 0 N–H and O–H groups in total. The topological polar surface area (TPSA) is 9.23 Å². The average molecular weight is 372 g/mol. The van der Waals surface area contributed by atoms with Gasteiger partial charge in [0.15, 0.2) is 11.8 Å². The summed E-state index contributed by atoms with van der Waals surface area (Å²) in [6.07, 6.45) is 8.79. The lowest BCUT2D eigenvalue weighted by Crippen LogP contribution is -2.37. The van der Waals surface area contributed by atoms with Gasteiger partial charge in [-0.25, -0.2) is 8.78 Å². The van der Waals surface area contributed by atoms with Gasteiger partial charge >= 0.3 is 0 Å². The molecule has 1 aliphatic carbocycles. The number of methoxy groups -OCH3 is 1. The van der Waals surface area contributed by atoms with Gasteiger partial charge in [-0.2, -0.15) is 0 Å². The highest BCUT2D eigenvalue weighted by atomic mass is 19.2. The minimum absolute atomic E-state index is 0.00798. The predicted octanol–water partition coefficient (Wildman–Crippen LogP) is 6.70. The van der Waals surface area contributed by atoms with Crippen LogP contribution < -0.4 is 0 Å². The van der Waals surface area contributed by atoms with Gasteiger partial charge in [-0.15, -0.1) is 0 Å². The van der Waals surface area contributed by atoms with Crippen molar-refractivity contribution in [2.75, 3.05) is 7.11 Å². The number of benzene rings is 1. The Hall–Kier alpha value is -2.08. The monoisotopic (exact) mass is 372 g/mol. The van der Waals surface area contributed by atoms with Crippen molar-refractivity contribution >= 4 is 0 Å². The van der Waals surface area contributed by atoms with E-state index in [1.165, 1.54) is 38.9 Å². The molecule has 0 aromatic heterocycles. The van der Waals surface area contributed by atoms with E-state index in [-0.39, 0.29) is 12.2 Å². The molecule has 3 heteroatoms. The summed E-state index contributed by atoms with van der Waals surface area (Å²) in [5, 5.41) is 0. The van der Waals surface area contributed by atoms with Gasteiger partial charge in [-0.05, 0) is 37.1 Å². The van der Waals surface area contributed by atoms with Crippen molar-refractivity contribution in [1.29, 1.82) is 0 Å². The minimum Gasteiger partial charge on any atom is -0.497 e. The summed E-state index contributed by atoms with van der Waals surface area (Å²) in [5.41, 5.74) is -0.779. The van der Waals surface area contributed by atoms with Gasteiger partial charge in [0.25, 0.3) is 0 Å². The van der Waals surface area contributed by atoms with Crippen LogP contribution in [0.2, 0.25) is 0 Å². The van der Waals surface area contributed by atoms with E-state index in [2.05, 4.69) is 18.8 Å². The molecule has 0 amide bonds. The number of unbranched alkanes of at least 4 members (excludes halogenated alkanes) is 6. The highest BCUT2D eigenvalue weighted by Crippen LogP contribution is 2.37. The normalized spacial score (nSPS) is 21.7. The maximum Gasteiger partial charge on any atom is 0.195 e. The number of rotatable bonds is 9. The maximum atomic E-state index is 15.1. The molecule has 2 unspecified atom stereocenters. The summed E-state index contributed by atoms with van der Waals surface area (Å²) < 4.78 is 35.2. The standard InChI is InChI=1S/C24H30F2O/c1-3-4-5-6-7-8-12-18-24(26)19-17-21(22(27-2)23(24)25)16-15-20-13-10-9-11-14-20/h9-11,13-14,17,19,23H,3-8,12,18H2,1-2H3. The lowest BCUT2D eigenvalue weighted by Gasteiger charge is -2.30. The first-order valence-corrected chi connectivity index (χ1v) is 9.98. The Balaban J connectivity index is 1.96. The van der Waals surface area contributed by atoms with Crippen LogP contribution in [-0.2, 0) is 4.74 Å². The zero-order valence-electron chi connectivity index (χ0n) is 16.4.